The van der Waals surface area contributed by atoms with Gasteiger partial charge in [-0.25, -0.2) is 9.59 Å². The fourth-order valence-corrected chi connectivity index (χ4v) is 2.85. The zero-order valence-electron chi connectivity index (χ0n) is 11.0. The van der Waals surface area contributed by atoms with Crippen molar-refractivity contribution in [1.82, 2.24) is 10.2 Å². The monoisotopic (exact) mass is 276 g/mol. The number of alkyl carbamates (subject to hydrolysis) is 1. The van der Waals surface area contributed by atoms with E-state index < -0.39 is 5.97 Å². The van der Waals surface area contributed by atoms with Crippen LogP contribution in [0.1, 0.15) is 21.5 Å². The first-order valence-electron chi connectivity index (χ1n) is 6.64. The van der Waals surface area contributed by atoms with Crippen molar-refractivity contribution in [3.63, 3.8) is 0 Å². The number of carbonyl (C=O) groups is 2. The predicted molar refractivity (Wildman–Crippen MR) is 70.7 cm³/mol. The van der Waals surface area contributed by atoms with Crippen molar-refractivity contribution in [3.05, 3.63) is 34.9 Å². The Morgan fingerprint density at radius 2 is 2.35 bits per heavy atom. The van der Waals surface area contributed by atoms with Crippen LogP contribution in [0.25, 0.3) is 0 Å². The highest BCUT2D eigenvalue weighted by molar-refractivity contribution is 5.89. The van der Waals surface area contributed by atoms with E-state index in [-0.39, 0.29) is 12.2 Å². The molecular weight excluding hydrogens is 260 g/mol. The Bertz CT molecular complexity index is 558. The SMILES string of the molecule is O=C1NCC(CN2CCc3c(cccc3C(=O)O)C2)O1. The van der Waals surface area contributed by atoms with Crippen LogP contribution in [0.5, 0.6) is 0 Å². The van der Waals surface area contributed by atoms with Crippen LogP contribution in [0.15, 0.2) is 18.2 Å². The highest BCUT2D eigenvalue weighted by Gasteiger charge is 2.27. The molecule has 0 radical (unpaired) electrons. The maximum absolute atomic E-state index is 11.2. The van der Waals surface area contributed by atoms with E-state index in [2.05, 4.69) is 10.2 Å². The number of carboxylic acid groups (broad SMARTS) is 1. The maximum Gasteiger partial charge on any atom is 0.407 e. The molecule has 2 aliphatic rings. The predicted octanol–water partition coefficient (Wildman–Crippen LogP) is 0.851. The molecule has 1 aromatic rings. The largest absolute Gasteiger partial charge is 0.478 e. The average molecular weight is 276 g/mol. The number of cyclic esters (lactones) is 1. The molecule has 0 aliphatic carbocycles. The molecule has 2 N–H and O–H groups in total. The molecule has 6 heteroatoms. The lowest BCUT2D eigenvalue weighted by molar-refractivity contribution is 0.0692. The van der Waals surface area contributed by atoms with Crippen molar-refractivity contribution in [2.24, 2.45) is 0 Å². The second-order valence-corrected chi connectivity index (χ2v) is 5.14. The molecular formula is C14H16N2O4. The van der Waals surface area contributed by atoms with Gasteiger partial charge in [0.2, 0.25) is 0 Å². The van der Waals surface area contributed by atoms with Crippen LogP contribution in [0.4, 0.5) is 4.79 Å². The summed E-state index contributed by atoms with van der Waals surface area (Å²) in [5.41, 5.74) is 2.38. The van der Waals surface area contributed by atoms with Crippen LogP contribution >= 0.6 is 0 Å². The third-order valence-electron chi connectivity index (χ3n) is 3.79. The van der Waals surface area contributed by atoms with Crippen LogP contribution in [0.3, 0.4) is 0 Å². The summed E-state index contributed by atoms with van der Waals surface area (Å²) in [6, 6.07) is 5.40. The minimum Gasteiger partial charge on any atom is -0.478 e. The first kappa shape index (κ1) is 12.9. The van der Waals surface area contributed by atoms with Gasteiger partial charge >= 0.3 is 12.1 Å². The van der Waals surface area contributed by atoms with Crippen molar-refractivity contribution >= 4 is 12.1 Å². The summed E-state index contributed by atoms with van der Waals surface area (Å²) in [5.74, 6) is -0.871. The zero-order chi connectivity index (χ0) is 14.1. The Hall–Kier alpha value is -2.08. The molecule has 6 nitrogen and oxygen atoms in total. The highest BCUT2D eigenvalue weighted by Crippen LogP contribution is 2.23. The molecule has 1 aromatic carbocycles. The van der Waals surface area contributed by atoms with Gasteiger partial charge in [-0.1, -0.05) is 12.1 Å². The molecule has 0 aromatic heterocycles. The number of carbonyl (C=O) groups excluding carboxylic acids is 1. The van der Waals surface area contributed by atoms with Gasteiger partial charge in [0.15, 0.2) is 0 Å². The molecule has 1 fully saturated rings. The van der Waals surface area contributed by atoms with Crippen molar-refractivity contribution in [3.8, 4) is 0 Å². The lowest BCUT2D eigenvalue weighted by Gasteiger charge is -2.30. The molecule has 2 heterocycles. The highest BCUT2D eigenvalue weighted by atomic mass is 16.6. The van der Waals surface area contributed by atoms with Crippen LogP contribution in [0.2, 0.25) is 0 Å². The first-order chi connectivity index (χ1) is 9.63. The normalized spacial score (nSPS) is 22.0. The van der Waals surface area contributed by atoms with E-state index in [0.717, 1.165) is 17.7 Å². The summed E-state index contributed by atoms with van der Waals surface area (Å²) < 4.78 is 5.13. The van der Waals surface area contributed by atoms with Crippen LogP contribution in [-0.4, -0.2) is 47.8 Å². The van der Waals surface area contributed by atoms with E-state index in [1.54, 1.807) is 12.1 Å². The molecule has 0 saturated carbocycles. The molecule has 3 rings (SSSR count). The molecule has 20 heavy (non-hydrogen) atoms. The fraction of sp³-hybridized carbons (Fsp3) is 0.429. The van der Waals surface area contributed by atoms with Crippen molar-refractivity contribution < 1.29 is 19.4 Å². The summed E-state index contributed by atoms with van der Waals surface area (Å²) in [7, 11) is 0. The number of nitrogens with one attached hydrogen (secondary N) is 1. The van der Waals surface area contributed by atoms with E-state index in [1.165, 1.54) is 0 Å². The number of hydrogen-bond donors (Lipinski definition) is 2. The summed E-state index contributed by atoms with van der Waals surface area (Å²) in [4.78, 5) is 24.4. The van der Waals surface area contributed by atoms with Crippen LogP contribution in [0, 0.1) is 0 Å². The number of rotatable bonds is 3. The number of aromatic carboxylic acids is 1. The van der Waals surface area contributed by atoms with Gasteiger partial charge < -0.3 is 15.2 Å². The number of hydrogen-bond acceptors (Lipinski definition) is 4. The quantitative estimate of drug-likeness (QED) is 0.855. The third kappa shape index (κ3) is 2.46. The summed E-state index contributed by atoms with van der Waals surface area (Å²) in [6.45, 7) is 2.70. The molecule has 1 unspecified atom stereocenters. The van der Waals surface area contributed by atoms with E-state index in [1.807, 2.05) is 6.07 Å². The lowest BCUT2D eigenvalue weighted by Crippen LogP contribution is -2.38. The number of benzene rings is 1. The van der Waals surface area contributed by atoms with Gasteiger partial charge in [0.1, 0.15) is 6.10 Å². The van der Waals surface area contributed by atoms with Gasteiger partial charge in [0, 0.05) is 19.6 Å². The minimum atomic E-state index is -0.871. The summed E-state index contributed by atoms with van der Waals surface area (Å²) in [6.07, 6.45) is 0.235. The van der Waals surface area contributed by atoms with Gasteiger partial charge in [0.05, 0.1) is 12.1 Å². The van der Waals surface area contributed by atoms with Gasteiger partial charge in [0.25, 0.3) is 0 Å². The second kappa shape index (κ2) is 5.13. The number of amides is 1. The molecule has 1 atom stereocenters. The van der Waals surface area contributed by atoms with Crippen molar-refractivity contribution in [2.45, 2.75) is 19.1 Å². The van der Waals surface area contributed by atoms with Gasteiger partial charge in [-0.05, 0) is 23.6 Å². The number of fused-ring (bicyclic) bond motifs is 1. The molecule has 2 aliphatic heterocycles. The molecule has 1 amide bonds. The van der Waals surface area contributed by atoms with Crippen molar-refractivity contribution in [2.75, 3.05) is 19.6 Å². The second-order valence-electron chi connectivity index (χ2n) is 5.14. The first-order valence-corrected chi connectivity index (χ1v) is 6.64. The van der Waals surface area contributed by atoms with Gasteiger partial charge in [-0.15, -0.1) is 0 Å². The number of ether oxygens (including phenoxy) is 1. The van der Waals surface area contributed by atoms with Gasteiger partial charge in [-0.3, -0.25) is 4.90 Å². The summed E-state index contributed by atoms with van der Waals surface area (Å²) in [5, 5.41) is 11.8. The fourth-order valence-electron chi connectivity index (χ4n) is 2.85. The Kier molecular flexibility index (Phi) is 3.31. The average Bonchev–Trinajstić information content (AvgIpc) is 2.83. The van der Waals surface area contributed by atoms with Crippen LogP contribution in [-0.2, 0) is 17.7 Å². The number of nitrogens with zero attached hydrogens (tertiary/aromatic N) is 1. The van der Waals surface area contributed by atoms with E-state index in [4.69, 9.17) is 4.74 Å². The Balaban J connectivity index is 1.71. The smallest absolute Gasteiger partial charge is 0.407 e. The topological polar surface area (TPSA) is 78.9 Å². The Labute approximate surface area is 116 Å². The molecule has 1 saturated heterocycles. The molecule has 106 valence electrons. The van der Waals surface area contributed by atoms with E-state index in [9.17, 15) is 14.7 Å². The van der Waals surface area contributed by atoms with E-state index in [0.29, 0.717) is 31.6 Å². The zero-order valence-corrected chi connectivity index (χ0v) is 11.0. The van der Waals surface area contributed by atoms with Crippen LogP contribution < -0.4 is 5.32 Å². The van der Waals surface area contributed by atoms with Crippen molar-refractivity contribution in [1.29, 1.82) is 0 Å². The maximum atomic E-state index is 11.2. The minimum absolute atomic E-state index is 0.119. The Morgan fingerprint density at radius 1 is 1.50 bits per heavy atom. The lowest BCUT2D eigenvalue weighted by atomic mass is 9.94. The number of carboxylic acids is 1. The molecule has 0 bridgehead atoms. The Morgan fingerprint density at radius 3 is 3.05 bits per heavy atom. The van der Waals surface area contributed by atoms with E-state index >= 15 is 0 Å². The molecule has 0 spiro atoms. The third-order valence-corrected chi connectivity index (χ3v) is 3.79. The summed E-state index contributed by atoms with van der Waals surface area (Å²) >= 11 is 0. The van der Waals surface area contributed by atoms with Gasteiger partial charge in [-0.2, -0.15) is 0 Å². The standard InChI is InChI=1S/C14H16N2O4/c17-13(18)12-3-1-2-9-7-16(5-4-11(9)12)8-10-6-15-14(19)20-10/h1-3,10H,4-8H2,(H,15,19)(H,17,18).